The van der Waals surface area contributed by atoms with Crippen LogP contribution in [0.15, 0.2) is 23.2 Å². The van der Waals surface area contributed by atoms with Crippen LogP contribution < -0.4 is 5.32 Å². The van der Waals surface area contributed by atoms with Crippen LogP contribution in [0.2, 0.25) is 5.02 Å². The van der Waals surface area contributed by atoms with E-state index in [1.54, 1.807) is 19.2 Å². The molecule has 0 amide bonds. The molecule has 1 fully saturated rings. The van der Waals surface area contributed by atoms with E-state index in [0.29, 0.717) is 23.6 Å². The first-order valence-electron chi connectivity index (χ1n) is 8.03. The molecule has 5 nitrogen and oxygen atoms in total. The Morgan fingerprint density at radius 3 is 2.75 bits per heavy atom. The fraction of sp³-hybridized carbons (Fsp3) is 0.529. The number of benzene rings is 1. The van der Waals surface area contributed by atoms with E-state index in [1.807, 2.05) is 0 Å². The summed E-state index contributed by atoms with van der Waals surface area (Å²) in [4.78, 5) is 17.9. The van der Waals surface area contributed by atoms with Crippen molar-refractivity contribution in [3.05, 3.63) is 34.6 Å². The predicted octanol–water partition coefficient (Wildman–Crippen LogP) is 2.48. The molecule has 132 valence electrons. The van der Waals surface area contributed by atoms with E-state index in [-0.39, 0.29) is 17.7 Å². The number of guanidine groups is 1. The molecule has 0 unspecified atom stereocenters. The molecule has 1 aromatic carbocycles. The van der Waals surface area contributed by atoms with E-state index in [0.717, 1.165) is 31.9 Å². The van der Waals surface area contributed by atoms with Gasteiger partial charge in [0.25, 0.3) is 0 Å². The lowest BCUT2D eigenvalue weighted by Crippen LogP contribution is -2.47. The SMILES string of the molecule is CN=C(NCCc1c(F)cccc1Cl)N1CCC(C(=O)OC)CC1. The summed E-state index contributed by atoms with van der Waals surface area (Å²) in [5.41, 5.74) is 0.506. The van der Waals surface area contributed by atoms with Crippen LogP contribution in [0.25, 0.3) is 0 Å². The van der Waals surface area contributed by atoms with Gasteiger partial charge in [0, 0.05) is 37.3 Å². The Labute approximate surface area is 146 Å². The summed E-state index contributed by atoms with van der Waals surface area (Å²) < 4.78 is 18.6. The second-order valence-corrected chi connectivity index (χ2v) is 6.12. The molecule has 7 heteroatoms. The summed E-state index contributed by atoms with van der Waals surface area (Å²) >= 11 is 6.03. The number of ether oxygens (including phenoxy) is 1. The van der Waals surface area contributed by atoms with Crippen molar-refractivity contribution in [1.29, 1.82) is 0 Å². The van der Waals surface area contributed by atoms with Crippen LogP contribution in [0.3, 0.4) is 0 Å². The van der Waals surface area contributed by atoms with Crippen LogP contribution in [0.5, 0.6) is 0 Å². The summed E-state index contributed by atoms with van der Waals surface area (Å²) in [6.45, 7) is 2.00. The zero-order chi connectivity index (χ0) is 17.5. The van der Waals surface area contributed by atoms with E-state index in [4.69, 9.17) is 16.3 Å². The van der Waals surface area contributed by atoms with Crippen LogP contribution in [0.4, 0.5) is 4.39 Å². The largest absolute Gasteiger partial charge is 0.469 e. The van der Waals surface area contributed by atoms with Gasteiger partial charge in [0.1, 0.15) is 5.82 Å². The third-order valence-corrected chi connectivity index (χ3v) is 4.61. The van der Waals surface area contributed by atoms with Gasteiger partial charge in [0.15, 0.2) is 5.96 Å². The summed E-state index contributed by atoms with van der Waals surface area (Å²) in [6, 6.07) is 4.69. The number of nitrogens with one attached hydrogen (secondary N) is 1. The van der Waals surface area contributed by atoms with Gasteiger partial charge < -0.3 is 15.0 Å². The van der Waals surface area contributed by atoms with Crippen LogP contribution in [-0.4, -0.2) is 50.6 Å². The molecular weight excluding hydrogens is 333 g/mol. The average Bonchev–Trinajstić information content (AvgIpc) is 2.60. The minimum absolute atomic E-state index is 0.0402. The molecular formula is C17H23ClFN3O2. The highest BCUT2D eigenvalue weighted by molar-refractivity contribution is 6.31. The molecule has 2 rings (SSSR count). The van der Waals surface area contributed by atoms with Crippen molar-refractivity contribution in [3.8, 4) is 0 Å². The number of hydrogen-bond acceptors (Lipinski definition) is 3. The normalized spacial score (nSPS) is 16.2. The second kappa shape index (κ2) is 8.87. The number of aliphatic imine (C=N–C) groups is 1. The first-order chi connectivity index (χ1) is 11.6. The highest BCUT2D eigenvalue weighted by atomic mass is 35.5. The van der Waals surface area contributed by atoms with Gasteiger partial charge >= 0.3 is 5.97 Å². The number of methoxy groups -OCH3 is 1. The molecule has 1 aliphatic rings. The quantitative estimate of drug-likeness (QED) is 0.512. The number of rotatable bonds is 4. The Kier molecular flexibility index (Phi) is 6.85. The molecule has 1 aliphatic heterocycles. The number of halogens is 2. The summed E-state index contributed by atoms with van der Waals surface area (Å²) in [5, 5.41) is 3.67. The van der Waals surface area contributed by atoms with E-state index in [2.05, 4.69) is 15.2 Å². The fourth-order valence-corrected chi connectivity index (χ4v) is 3.15. The van der Waals surface area contributed by atoms with E-state index in [9.17, 15) is 9.18 Å². The second-order valence-electron chi connectivity index (χ2n) is 5.71. The standard InChI is InChI=1S/C17H23ClFN3O2/c1-20-17(22-10-7-12(8-11-22)16(23)24-2)21-9-6-13-14(18)4-3-5-15(13)19/h3-5,12H,6-11H2,1-2H3,(H,20,21). The molecule has 0 spiro atoms. The van der Waals surface area contributed by atoms with E-state index in [1.165, 1.54) is 13.2 Å². The average molecular weight is 356 g/mol. The van der Waals surface area contributed by atoms with Crippen LogP contribution in [-0.2, 0) is 16.0 Å². The third-order valence-electron chi connectivity index (χ3n) is 4.26. The molecule has 0 atom stereocenters. The van der Waals surface area contributed by atoms with Crippen molar-refractivity contribution in [1.82, 2.24) is 10.2 Å². The first-order valence-corrected chi connectivity index (χ1v) is 8.41. The molecule has 1 saturated heterocycles. The van der Waals surface area contributed by atoms with Gasteiger partial charge in [-0.2, -0.15) is 0 Å². The van der Waals surface area contributed by atoms with Crippen molar-refractivity contribution in [3.63, 3.8) is 0 Å². The summed E-state index contributed by atoms with van der Waals surface area (Å²) in [6.07, 6.45) is 1.96. The maximum absolute atomic E-state index is 13.8. The molecule has 0 radical (unpaired) electrons. The third kappa shape index (κ3) is 4.60. The summed E-state index contributed by atoms with van der Waals surface area (Å²) in [5.74, 6) is 0.275. The lowest BCUT2D eigenvalue weighted by atomic mass is 9.97. The van der Waals surface area contributed by atoms with Gasteiger partial charge in [-0.05, 0) is 31.4 Å². The van der Waals surface area contributed by atoms with Gasteiger partial charge in [-0.1, -0.05) is 17.7 Å². The van der Waals surface area contributed by atoms with Crippen molar-refractivity contribution < 1.29 is 13.9 Å². The maximum atomic E-state index is 13.8. The number of esters is 1. The monoisotopic (exact) mass is 355 g/mol. The first kappa shape index (κ1) is 18.5. The van der Waals surface area contributed by atoms with Gasteiger partial charge in [-0.25, -0.2) is 4.39 Å². The number of carbonyl (C=O) groups is 1. The van der Waals surface area contributed by atoms with Crippen LogP contribution in [0, 0.1) is 11.7 Å². The Hall–Kier alpha value is -1.82. The summed E-state index contributed by atoms with van der Waals surface area (Å²) in [7, 11) is 3.13. The maximum Gasteiger partial charge on any atom is 0.308 e. The lowest BCUT2D eigenvalue weighted by Gasteiger charge is -2.33. The topological polar surface area (TPSA) is 53.9 Å². The van der Waals surface area contributed by atoms with Crippen LogP contribution >= 0.6 is 11.6 Å². The number of piperidine rings is 1. The van der Waals surface area contributed by atoms with Gasteiger partial charge in [-0.3, -0.25) is 9.79 Å². The van der Waals surface area contributed by atoms with Crippen molar-refractivity contribution in [2.45, 2.75) is 19.3 Å². The Bertz CT molecular complexity index is 581. The number of nitrogens with zero attached hydrogens (tertiary/aromatic N) is 2. The molecule has 0 aromatic heterocycles. The molecule has 1 aromatic rings. The van der Waals surface area contributed by atoms with Gasteiger partial charge in [0.05, 0.1) is 13.0 Å². The zero-order valence-corrected chi connectivity index (χ0v) is 14.8. The number of carbonyl (C=O) groups excluding carboxylic acids is 1. The zero-order valence-electron chi connectivity index (χ0n) is 14.0. The number of hydrogen-bond donors (Lipinski definition) is 1. The molecule has 1 N–H and O–H groups in total. The molecule has 24 heavy (non-hydrogen) atoms. The Balaban J connectivity index is 1.84. The van der Waals surface area contributed by atoms with Gasteiger partial charge in [-0.15, -0.1) is 0 Å². The van der Waals surface area contributed by atoms with Crippen molar-refractivity contribution in [2.24, 2.45) is 10.9 Å². The highest BCUT2D eigenvalue weighted by Crippen LogP contribution is 2.20. The fourth-order valence-electron chi connectivity index (χ4n) is 2.90. The Morgan fingerprint density at radius 2 is 2.17 bits per heavy atom. The highest BCUT2D eigenvalue weighted by Gasteiger charge is 2.26. The minimum atomic E-state index is -0.293. The molecule has 0 bridgehead atoms. The van der Waals surface area contributed by atoms with E-state index < -0.39 is 0 Å². The van der Waals surface area contributed by atoms with E-state index >= 15 is 0 Å². The smallest absolute Gasteiger partial charge is 0.308 e. The molecule has 0 aliphatic carbocycles. The molecule has 1 heterocycles. The minimum Gasteiger partial charge on any atom is -0.469 e. The number of likely N-dealkylation sites (tertiary alicyclic amines) is 1. The molecule has 0 saturated carbocycles. The van der Waals surface area contributed by atoms with Crippen molar-refractivity contribution >= 4 is 23.5 Å². The lowest BCUT2D eigenvalue weighted by molar-refractivity contribution is -0.146. The Morgan fingerprint density at radius 1 is 1.46 bits per heavy atom. The predicted molar refractivity (Wildman–Crippen MR) is 92.8 cm³/mol. The van der Waals surface area contributed by atoms with Gasteiger partial charge in [0.2, 0.25) is 0 Å². The van der Waals surface area contributed by atoms with Crippen LogP contribution in [0.1, 0.15) is 18.4 Å². The van der Waals surface area contributed by atoms with Crippen molar-refractivity contribution in [2.75, 3.05) is 33.8 Å².